The fourth-order valence-corrected chi connectivity index (χ4v) is 1.53. The van der Waals surface area contributed by atoms with E-state index < -0.39 is 5.97 Å². The topological polar surface area (TPSA) is 88.7 Å². The van der Waals surface area contributed by atoms with Crippen molar-refractivity contribution in [2.75, 3.05) is 26.7 Å². The zero-order valence-electron chi connectivity index (χ0n) is 8.92. The number of rotatable bonds is 3. The first-order valence-electron chi connectivity index (χ1n) is 4.99. The predicted octanol–water partition coefficient (Wildman–Crippen LogP) is -0.300. The molecule has 0 bridgehead atoms. The first-order valence-corrected chi connectivity index (χ1v) is 4.99. The van der Waals surface area contributed by atoms with Crippen LogP contribution in [-0.2, 0) is 16.0 Å². The van der Waals surface area contributed by atoms with Crippen LogP contribution in [0.1, 0.15) is 17.8 Å². The third kappa shape index (κ3) is 2.56. The molecule has 0 aliphatic carbocycles. The molecular weight excluding hydrogens is 214 g/mol. The van der Waals surface area contributed by atoms with Crippen LogP contribution in [0.25, 0.3) is 0 Å². The number of carboxylic acids is 1. The van der Waals surface area contributed by atoms with E-state index in [4.69, 9.17) is 14.4 Å². The zero-order chi connectivity index (χ0) is 11.5. The van der Waals surface area contributed by atoms with Crippen LogP contribution in [0.3, 0.4) is 0 Å². The number of carbonyl (C=O) groups is 1. The molecule has 0 radical (unpaired) electrons. The summed E-state index contributed by atoms with van der Waals surface area (Å²) in [6, 6.07) is 0. The van der Waals surface area contributed by atoms with E-state index in [1.54, 1.807) is 0 Å². The quantitative estimate of drug-likeness (QED) is 0.758. The number of nitrogens with zero attached hydrogens (tertiary/aromatic N) is 3. The molecule has 1 fully saturated rings. The molecule has 0 aromatic carbocycles. The molecule has 1 aliphatic rings. The van der Waals surface area contributed by atoms with Crippen molar-refractivity contribution in [2.24, 2.45) is 0 Å². The van der Waals surface area contributed by atoms with E-state index in [0.29, 0.717) is 19.0 Å². The van der Waals surface area contributed by atoms with Gasteiger partial charge in [-0.05, 0) is 7.05 Å². The molecule has 1 unspecified atom stereocenters. The first kappa shape index (κ1) is 11.0. The number of likely N-dealkylation sites (N-methyl/N-ethyl adjacent to an activating group) is 1. The lowest BCUT2D eigenvalue weighted by Crippen LogP contribution is -2.35. The van der Waals surface area contributed by atoms with Crippen LogP contribution in [-0.4, -0.2) is 52.9 Å². The Labute approximate surface area is 92.0 Å². The Morgan fingerprint density at radius 3 is 3.19 bits per heavy atom. The molecule has 7 heteroatoms. The van der Waals surface area contributed by atoms with Crippen LogP contribution < -0.4 is 0 Å². The highest BCUT2D eigenvalue weighted by molar-refractivity contribution is 5.68. The van der Waals surface area contributed by atoms with Crippen LogP contribution in [0.2, 0.25) is 0 Å². The number of aliphatic carboxylic acids is 1. The third-order valence-corrected chi connectivity index (χ3v) is 2.34. The van der Waals surface area contributed by atoms with Crippen molar-refractivity contribution < 1.29 is 19.2 Å². The van der Waals surface area contributed by atoms with Gasteiger partial charge < -0.3 is 19.3 Å². The third-order valence-electron chi connectivity index (χ3n) is 2.34. The van der Waals surface area contributed by atoms with E-state index in [1.807, 2.05) is 7.05 Å². The maximum Gasteiger partial charge on any atom is 0.312 e. The number of morpholine rings is 1. The van der Waals surface area contributed by atoms with E-state index in [2.05, 4.69) is 15.0 Å². The van der Waals surface area contributed by atoms with Gasteiger partial charge in [0.25, 0.3) is 0 Å². The summed E-state index contributed by atoms with van der Waals surface area (Å²) in [7, 11) is 1.98. The maximum atomic E-state index is 10.4. The van der Waals surface area contributed by atoms with Crippen molar-refractivity contribution in [1.29, 1.82) is 0 Å². The molecule has 1 saturated heterocycles. The summed E-state index contributed by atoms with van der Waals surface area (Å²) in [6.45, 7) is 2.17. The Morgan fingerprint density at radius 2 is 2.50 bits per heavy atom. The van der Waals surface area contributed by atoms with Gasteiger partial charge in [0, 0.05) is 13.1 Å². The monoisotopic (exact) mass is 227 g/mol. The van der Waals surface area contributed by atoms with Gasteiger partial charge in [0.1, 0.15) is 12.5 Å². The maximum absolute atomic E-state index is 10.4. The van der Waals surface area contributed by atoms with Crippen molar-refractivity contribution >= 4 is 5.97 Å². The Balaban J connectivity index is 2.03. The highest BCUT2D eigenvalue weighted by atomic mass is 16.5. The Morgan fingerprint density at radius 1 is 1.69 bits per heavy atom. The molecule has 16 heavy (non-hydrogen) atoms. The minimum Gasteiger partial charge on any atom is -0.481 e. The highest BCUT2D eigenvalue weighted by Crippen LogP contribution is 2.18. The molecule has 1 aromatic rings. The second-order valence-corrected chi connectivity index (χ2v) is 3.74. The van der Waals surface area contributed by atoms with Crippen LogP contribution >= 0.6 is 0 Å². The summed E-state index contributed by atoms with van der Waals surface area (Å²) in [5.41, 5.74) is 0. The minimum atomic E-state index is -0.989. The van der Waals surface area contributed by atoms with Gasteiger partial charge in [-0.15, -0.1) is 0 Å². The molecule has 0 amide bonds. The highest BCUT2D eigenvalue weighted by Gasteiger charge is 2.24. The average molecular weight is 227 g/mol. The molecule has 0 saturated carbocycles. The number of hydrogen-bond acceptors (Lipinski definition) is 6. The Bertz CT molecular complexity index is 379. The second kappa shape index (κ2) is 4.58. The lowest BCUT2D eigenvalue weighted by atomic mass is 10.3. The molecule has 88 valence electrons. The number of carboxylic acid groups (broad SMARTS) is 1. The summed E-state index contributed by atoms with van der Waals surface area (Å²) in [4.78, 5) is 16.5. The van der Waals surface area contributed by atoms with E-state index in [0.717, 1.165) is 6.54 Å². The van der Waals surface area contributed by atoms with Gasteiger partial charge in [0.05, 0.1) is 6.61 Å². The SMILES string of the molecule is CN1CCOC(c2noc(CC(=O)O)n2)C1. The second-order valence-electron chi connectivity index (χ2n) is 3.74. The molecular formula is C9H13N3O4. The van der Waals surface area contributed by atoms with Crippen LogP contribution in [0, 0.1) is 0 Å². The fraction of sp³-hybridized carbons (Fsp3) is 0.667. The van der Waals surface area contributed by atoms with Gasteiger partial charge in [-0.25, -0.2) is 0 Å². The van der Waals surface area contributed by atoms with Gasteiger partial charge in [-0.3, -0.25) is 4.79 Å². The minimum absolute atomic E-state index is 0.110. The van der Waals surface area contributed by atoms with E-state index in [-0.39, 0.29) is 18.4 Å². The predicted molar refractivity (Wildman–Crippen MR) is 51.8 cm³/mol. The summed E-state index contributed by atoms with van der Waals surface area (Å²) >= 11 is 0. The van der Waals surface area contributed by atoms with E-state index >= 15 is 0 Å². The standard InChI is InChI=1S/C9H13N3O4/c1-12-2-3-15-6(5-12)9-10-7(16-11-9)4-8(13)14/h6H,2-5H2,1H3,(H,13,14). The number of ether oxygens (including phenoxy) is 1. The van der Waals surface area contributed by atoms with Crippen LogP contribution in [0.4, 0.5) is 0 Å². The molecule has 1 aromatic heterocycles. The van der Waals surface area contributed by atoms with Gasteiger partial charge >= 0.3 is 5.97 Å². The molecule has 2 rings (SSSR count). The molecule has 1 N–H and O–H groups in total. The van der Waals surface area contributed by atoms with Crippen molar-refractivity contribution in [1.82, 2.24) is 15.0 Å². The molecule has 1 atom stereocenters. The smallest absolute Gasteiger partial charge is 0.312 e. The van der Waals surface area contributed by atoms with E-state index in [9.17, 15) is 4.79 Å². The lowest BCUT2D eigenvalue weighted by molar-refractivity contribution is -0.136. The Hall–Kier alpha value is -1.47. The normalized spacial score (nSPS) is 22.2. The van der Waals surface area contributed by atoms with Gasteiger partial charge in [0.2, 0.25) is 11.7 Å². The van der Waals surface area contributed by atoms with Gasteiger partial charge in [0.15, 0.2) is 0 Å². The summed E-state index contributed by atoms with van der Waals surface area (Å²) in [6.07, 6.45) is -0.486. The zero-order valence-corrected chi connectivity index (χ0v) is 8.92. The van der Waals surface area contributed by atoms with E-state index in [1.165, 1.54) is 0 Å². The van der Waals surface area contributed by atoms with Crippen LogP contribution in [0.5, 0.6) is 0 Å². The van der Waals surface area contributed by atoms with Gasteiger partial charge in [-0.2, -0.15) is 4.98 Å². The fourth-order valence-electron chi connectivity index (χ4n) is 1.53. The summed E-state index contributed by atoms with van der Waals surface area (Å²) in [5.74, 6) is -0.459. The summed E-state index contributed by atoms with van der Waals surface area (Å²) in [5, 5.41) is 12.3. The van der Waals surface area contributed by atoms with Crippen molar-refractivity contribution in [3.63, 3.8) is 0 Å². The van der Waals surface area contributed by atoms with Crippen molar-refractivity contribution in [3.05, 3.63) is 11.7 Å². The number of aromatic nitrogens is 2. The molecule has 1 aliphatic heterocycles. The Kier molecular flexibility index (Phi) is 3.16. The number of hydrogen-bond donors (Lipinski definition) is 1. The van der Waals surface area contributed by atoms with Gasteiger partial charge in [-0.1, -0.05) is 5.16 Å². The summed E-state index contributed by atoms with van der Waals surface area (Å²) < 4.78 is 10.3. The van der Waals surface area contributed by atoms with Crippen molar-refractivity contribution in [2.45, 2.75) is 12.5 Å². The molecule has 2 heterocycles. The largest absolute Gasteiger partial charge is 0.481 e. The van der Waals surface area contributed by atoms with Crippen LogP contribution in [0.15, 0.2) is 4.52 Å². The molecule has 7 nitrogen and oxygen atoms in total. The average Bonchev–Trinajstić information content (AvgIpc) is 2.65. The first-order chi connectivity index (χ1) is 7.65. The van der Waals surface area contributed by atoms with Crippen molar-refractivity contribution in [3.8, 4) is 0 Å². The molecule has 0 spiro atoms. The lowest BCUT2D eigenvalue weighted by Gasteiger charge is -2.27.